The average molecular weight is 244 g/mol. The molecule has 3 aromatic rings. The van der Waals surface area contributed by atoms with Gasteiger partial charge in [0.1, 0.15) is 10.8 Å². The van der Waals surface area contributed by atoms with Crippen molar-refractivity contribution in [2.75, 3.05) is 0 Å². The fourth-order valence-corrected chi connectivity index (χ4v) is 2.46. The van der Waals surface area contributed by atoms with Crippen molar-refractivity contribution in [1.29, 1.82) is 0 Å². The van der Waals surface area contributed by atoms with E-state index < -0.39 is 0 Å². The summed E-state index contributed by atoms with van der Waals surface area (Å²) in [5.41, 5.74) is 2.59. The monoisotopic (exact) mass is 244 g/mol. The summed E-state index contributed by atoms with van der Waals surface area (Å²) in [5, 5.41) is 2.85. The third kappa shape index (κ3) is 1.99. The number of halogens is 1. The normalized spacial score (nSPS) is 10.6. The van der Waals surface area contributed by atoms with Gasteiger partial charge in [0.25, 0.3) is 0 Å². The molecule has 3 rings (SSSR count). The SMILES string of the molecule is Fc1cccc(-c2csc(-c3ccc[nH]3)n2)c1. The van der Waals surface area contributed by atoms with Crippen LogP contribution in [0.15, 0.2) is 48.0 Å². The van der Waals surface area contributed by atoms with E-state index in [1.807, 2.05) is 29.8 Å². The minimum atomic E-state index is -0.239. The van der Waals surface area contributed by atoms with Crippen molar-refractivity contribution in [3.8, 4) is 22.0 Å². The van der Waals surface area contributed by atoms with Gasteiger partial charge in [0.15, 0.2) is 0 Å². The lowest BCUT2D eigenvalue weighted by molar-refractivity contribution is 0.628. The first-order valence-electron chi connectivity index (χ1n) is 5.18. The van der Waals surface area contributed by atoms with Crippen LogP contribution in [-0.4, -0.2) is 9.97 Å². The van der Waals surface area contributed by atoms with Crippen LogP contribution in [0.4, 0.5) is 4.39 Å². The Morgan fingerprint density at radius 1 is 1.18 bits per heavy atom. The molecule has 1 N–H and O–H groups in total. The zero-order chi connectivity index (χ0) is 11.7. The van der Waals surface area contributed by atoms with Gasteiger partial charge in [0, 0.05) is 17.1 Å². The highest BCUT2D eigenvalue weighted by Crippen LogP contribution is 2.27. The summed E-state index contributed by atoms with van der Waals surface area (Å²) in [6.07, 6.45) is 1.86. The molecule has 2 heterocycles. The second-order valence-corrected chi connectivity index (χ2v) is 4.49. The maximum absolute atomic E-state index is 13.1. The zero-order valence-electron chi connectivity index (χ0n) is 8.85. The number of hydrogen-bond acceptors (Lipinski definition) is 2. The van der Waals surface area contributed by atoms with Crippen molar-refractivity contribution >= 4 is 11.3 Å². The van der Waals surface area contributed by atoms with Crippen LogP contribution in [-0.2, 0) is 0 Å². The summed E-state index contributed by atoms with van der Waals surface area (Å²) in [7, 11) is 0. The van der Waals surface area contributed by atoms with Crippen molar-refractivity contribution < 1.29 is 4.39 Å². The van der Waals surface area contributed by atoms with E-state index in [0.717, 1.165) is 22.0 Å². The van der Waals surface area contributed by atoms with Crippen LogP contribution in [0.1, 0.15) is 0 Å². The highest BCUT2D eigenvalue weighted by atomic mass is 32.1. The first-order chi connectivity index (χ1) is 8.33. The predicted molar refractivity (Wildman–Crippen MR) is 67.3 cm³/mol. The lowest BCUT2D eigenvalue weighted by Crippen LogP contribution is -1.81. The van der Waals surface area contributed by atoms with Crippen LogP contribution in [0.5, 0.6) is 0 Å². The molecule has 0 spiro atoms. The number of aromatic amines is 1. The molecule has 0 saturated heterocycles. The summed E-state index contributed by atoms with van der Waals surface area (Å²) in [6, 6.07) is 10.4. The minimum Gasteiger partial charge on any atom is -0.359 e. The molecule has 84 valence electrons. The van der Waals surface area contributed by atoms with E-state index in [-0.39, 0.29) is 5.82 Å². The maximum Gasteiger partial charge on any atom is 0.140 e. The molecular weight excluding hydrogens is 235 g/mol. The molecule has 2 nitrogen and oxygen atoms in total. The quantitative estimate of drug-likeness (QED) is 0.726. The number of H-pyrrole nitrogens is 1. The van der Waals surface area contributed by atoms with Crippen molar-refractivity contribution in [1.82, 2.24) is 9.97 Å². The lowest BCUT2D eigenvalue weighted by atomic mass is 10.2. The van der Waals surface area contributed by atoms with Gasteiger partial charge < -0.3 is 4.98 Å². The molecule has 1 aromatic carbocycles. The largest absolute Gasteiger partial charge is 0.359 e. The molecule has 4 heteroatoms. The van der Waals surface area contributed by atoms with Crippen LogP contribution in [0, 0.1) is 5.82 Å². The predicted octanol–water partition coefficient (Wildman–Crippen LogP) is 3.94. The van der Waals surface area contributed by atoms with E-state index in [1.54, 1.807) is 17.4 Å². The molecular formula is C13H9FN2S. The van der Waals surface area contributed by atoms with E-state index in [9.17, 15) is 4.39 Å². The molecule has 0 unspecified atom stereocenters. The fourth-order valence-electron chi connectivity index (χ4n) is 1.64. The Morgan fingerprint density at radius 3 is 2.88 bits per heavy atom. The van der Waals surface area contributed by atoms with Crippen LogP contribution in [0.2, 0.25) is 0 Å². The zero-order valence-corrected chi connectivity index (χ0v) is 9.67. The Hall–Kier alpha value is -1.94. The van der Waals surface area contributed by atoms with Gasteiger partial charge >= 0.3 is 0 Å². The third-order valence-electron chi connectivity index (χ3n) is 2.45. The first-order valence-corrected chi connectivity index (χ1v) is 6.06. The number of nitrogens with one attached hydrogen (secondary N) is 1. The van der Waals surface area contributed by atoms with Gasteiger partial charge in [-0.2, -0.15) is 0 Å². The van der Waals surface area contributed by atoms with Gasteiger partial charge in [-0.05, 0) is 24.3 Å². The van der Waals surface area contributed by atoms with Crippen molar-refractivity contribution in [3.05, 3.63) is 53.8 Å². The Bertz CT molecular complexity index is 628. The number of benzene rings is 1. The minimum absolute atomic E-state index is 0.239. The van der Waals surface area contributed by atoms with E-state index in [1.165, 1.54) is 12.1 Å². The van der Waals surface area contributed by atoms with Crippen molar-refractivity contribution in [3.63, 3.8) is 0 Å². The molecule has 0 aliphatic rings. The average Bonchev–Trinajstić information content (AvgIpc) is 3.00. The molecule has 17 heavy (non-hydrogen) atoms. The Balaban J connectivity index is 2.01. The molecule has 0 amide bonds. The van der Waals surface area contributed by atoms with Gasteiger partial charge in [0.05, 0.1) is 11.4 Å². The van der Waals surface area contributed by atoms with Gasteiger partial charge in [-0.1, -0.05) is 12.1 Å². The van der Waals surface area contributed by atoms with E-state index in [0.29, 0.717) is 0 Å². The van der Waals surface area contributed by atoms with Gasteiger partial charge in [0.2, 0.25) is 0 Å². The Kier molecular flexibility index (Phi) is 2.49. The van der Waals surface area contributed by atoms with Crippen molar-refractivity contribution in [2.24, 2.45) is 0 Å². The first kappa shape index (κ1) is 10.2. The number of rotatable bonds is 2. The molecule has 0 saturated carbocycles. The summed E-state index contributed by atoms with van der Waals surface area (Å²) in [4.78, 5) is 7.59. The van der Waals surface area contributed by atoms with Crippen LogP contribution >= 0.6 is 11.3 Å². The molecule has 0 fully saturated rings. The summed E-state index contributed by atoms with van der Waals surface area (Å²) < 4.78 is 13.1. The van der Waals surface area contributed by atoms with E-state index in [4.69, 9.17) is 0 Å². The molecule has 0 aliphatic heterocycles. The molecule has 2 aromatic heterocycles. The molecule has 0 aliphatic carbocycles. The number of thiazole rings is 1. The fraction of sp³-hybridized carbons (Fsp3) is 0. The summed E-state index contributed by atoms with van der Waals surface area (Å²) in [5.74, 6) is -0.239. The van der Waals surface area contributed by atoms with Crippen LogP contribution in [0.3, 0.4) is 0 Å². The number of hydrogen-bond donors (Lipinski definition) is 1. The molecule has 0 radical (unpaired) electrons. The second-order valence-electron chi connectivity index (χ2n) is 3.63. The summed E-state index contributed by atoms with van der Waals surface area (Å²) in [6.45, 7) is 0. The number of aromatic nitrogens is 2. The third-order valence-corrected chi connectivity index (χ3v) is 3.33. The summed E-state index contributed by atoms with van der Waals surface area (Å²) >= 11 is 1.54. The van der Waals surface area contributed by atoms with E-state index >= 15 is 0 Å². The van der Waals surface area contributed by atoms with Crippen molar-refractivity contribution in [2.45, 2.75) is 0 Å². The highest BCUT2D eigenvalue weighted by Gasteiger charge is 2.07. The Morgan fingerprint density at radius 2 is 2.12 bits per heavy atom. The highest BCUT2D eigenvalue weighted by molar-refractivity contribution is 7.13. The maximum atomic E-state index is 13.1. The topological polar surface area (TPSA) is 28.7 Å². The van der Waals surface area contributed by atoms with Gasteiger partial charge in [-0.3, -0.25) is 0 Å². The van der Waals surface area contributed by atoms with Crippen LogP contribution in [0.25, 0.3) is 22.0 Å². The standard InChI is InChI=1S/C13H9FN2S/c14-10-4-1-3-9(7-10)12-8-17-13(16-12)11-5-2-6-15-11/h1-8,15H. The van der Waals surface area contributed by atoms with E-state index in [2.05, 4.69) is 9.97 Å². The number of nitrogens with zero attached hydrogens (tertiary/aromatic N) is 1. The Labute approximate surface area is 102 Å². The van der Waals surface area contributed by atoms with Gasteiger partial charge in [-0.15, -0.1) is 11.3 Å². The lowest BCUT2D eigenvalue weighted by Gasteiger charge is -1.95. The smallest absolute Gasteiger partial charge is 0.140 e. The molecule has 0 bridgehead atoms. The van der Waals surface area contributed by atoms with Gasteiger partial charge in [-0.25, -0.2) is 9.37 Å². The van der Waals surface area contributed by atoms with Crippen LogP contribution < -0.4 is 0 Å². The molecule has 0 atom stereocenters. The second kappa shape index (κ2) is 4.14.